The summed E-state index contributed by atoms with van der Waals surface area (Å²) in [7, 11) is 0. The Bertz CT molecular complexity index is 95.4. The summed E-state index contributed by atoms with van der Waals surface area (Å²) < 4.78 is 0. The van der Waals surface area contributed by atoms with Crippen LogP contribution < -0.4 is 0 Å². The summed E-state index contributed by atoms with van der Waals surface area (Å²) in [4.78, 5) is 0. The first kappa shape index (κ1) is 10.4. The number of allylic oxidation sites excluding steroid dienone is 1. The molecule has 0 aromatic carbocycles. The van der Waals surface area contributed by atoms with Crippen LogP contribution in [0.2, 0.25) is 0 Å². The van der Waals surface area contributed by atoms with E-state index in [4.69, 9.17) is 11.6 Å². The van der Waals surface area contributed by atoms with E-state index < -0.39 is 0 Å². The monoisotopic (exact) mass is 178 g/mol. The summed E-state index contributed by atoms with van der Waals surface area (Å²) in [6, 6.07) is 0. The van der Waals surface area contributed by atoms with Gasteiger partial charge in [0.05, 0.1) is 0 Å². The van der Waals surface area contributed by atoms with Crippen LogP contribution in [0.15, 0.2) is 11.6 Å². The average molecular weight is 179 g/mol. The van der Waals surface area contributed by atoms with Gasteiger partial charge in [0.15, 0.2) is 0 Å². The van der Waals surface area contributed by atoms with Gasteiger partial charge in [-0.15, -0.1) is 11.6 Å². The topological polar surface area (TPSA) is 0 Å². The molecule has 60 valence electrons. The van der Waals surface area contributed by atoms with E-state index in [0.29, 0.717) is 0 Å². The third-order valence-corrected chi connectivity index (χ3v) is 2.28. The minimum absolute atomic E-state index is 0.793. The molecule has 0 rings (SSSR count). The summed E-state index contributed by atoms with van der Waals surface area (Å²) >= 11 is 7.46. The van der Waals surface area contributed by atoms with Gasteiger partial charge in [-0.25, -0.2) is 0 Å². The van der Waals surface area contributed by atoms with E-state index in [1.807, 2.05) is 11.8 Å². The van der Waals surface area contributed by atoms with Crippen molar-refractivity contribution in [3.63, 3.8) is 0 Å². The maximum absolute atomic E-state index is 5.51. The van der Waals surface area contributed by atoms with Crippen LogP contribution in [-0.2, 0) is 0 Å². The summed E-state index contributed by atoms with van der Waals surface area (Å²) in [6.07, 6.45) is 3.38. The van der Waals surface area contributed by atoms with Gasteiger partial charge in [0, 0.05) is 11.6 Å². The maximum Gasteiger partial charge on any atom is 0.0231 e. The van der Waals surface area contributed by atoms with Gasteiger partial charge in [0.25, 0.3) is 0 Å². The standard InChI is InChI=1S/C8H15ClS/c1-8(2)4-7-10-6-3-5-9/h4H,3,5-7H2,1-2H3. The smallest absolute Gasteiger partial charge is 0.0231 e. The second-order valence-electron chi connectivity index (χ2n) is 2.40. The highest BCUT2D eigenvalue weighted by atomic mass is 35.5. The van der Waals surface area contributed by atoms with Crippen LogP contribution in [0, 0.1) is 0 Å². The molecule has 10 heavy (non-hydrogen) atoms. The van der Waals surface area contributed by atoms with E-state index in [0.717, 1.165) is 18.1 Å². The lowest BCUT2D eigenvalue weighted by molar-refractivity contribution is 1.12. The molecule has 0 fully saturated rings. The van der Waals surface area contributed by atoms with Gasteiger partial charge in [-0.1, -0.05) is 11.6 Å². The quantitative estimate of drug-likeness (QED) is 0.354. The highest BCUT2D eigenvalue weighted by Gasteiger charge is 1.84. The molecule has 0 heterocycles. The lowest BCUT2D eigenvalue weighted by Gasteiger charge is -1.94. The van der Waals surface area contributed by atoms with E-state index in [1.165, 1.54) is 11.3 Å². The molecule has 0 radical (unpaired) electrons. The number of hydrogen-bond acceptors (Lipinski definition) is 1. The van der Waals surface area contributed by atoms with Gasteiger partial charge in [-0.3, -0.25) is 0 Å². The first-order chi connectivity index (χ1) is 4.77. The lowest BCUT2D eigenvalue weighted by Crippen LogP contribution is -1.81. The molecule has 0 nitrogen and oxygen atoms in total. The van der Waals surface area contributed by atoms with Crippen LogP contribution in [0.4, 0.5) is 0 Å². The Morgan fingerprint density at radius 1 is 1.50 bits per heavy atom. The predicted molar refractivity (Wildman–Crippen MR) is 52.1 cm³/mol. The van der Waals surface area contributed by atoms with E-state index in [2.05, 4.69) is 19.9 Å². The van der Waals surface area contributed by atoms with Crippen LogP contribution in [0.25, 0.3) is 0 Å². The van der Waals surface area contributed by atoms with Gasteiger partial charge in [0.1, 0.15) is 0 Å². The highest BCUT2D eigenvalue weighted by Crippen LogP contribution is 2.04. The van der Waals surface area contributed by atoms with E-state index in [9.17, 15) is 0 Å². The van der Waals surface area contributed by atoms with Crippen molar-refractivity contribution in [2.45, 2.75) is 20.3 Å². The van der Waals surface area contributed by atoms with E-state index in [-0.39, 0.29) is 0 Å². The summed E-state index contributed by atoms with van der Waals surface area (Å²) in [5, 5.41) is 0. The Kier molecular flexibility index (Phi) is 7.77. The molecule has 0 aliphatic carbocycles. The zero-order valence-electron chi connectivity index (χ0n) is 6.69. The molecule has 0 amide bonds. The van der Waals surface area contributed by atoms with Gasteiger partial charge >= 0.3 is 0 Å². The molecule has 0 bridgehead atoms. The molecule has 0 aromatic heterocycles. The van der Waals surface area contributed by atoms with Crippen LogP contribution in [0.5, 0.6) is 0 Å². The molecule has 0 aromatic rings. The average Bonchev–Trinajstić information content (AvgIpc) is 1.87. The van der Waals surface area contributed by atoms with Crippen molar-refractivity contribution >= 4 is 23.4 Å². The van der Waals surface area contributed by atoms with E-state index >= 15 is 0 Å². The molecule has 0 saturated heterocycles. The van der Waals surface area contributed by atoms with Crippen molar-refractivity contribution in [2.75, 3.05) is 17.4 Å². The fourth-order valence-corrected chi connectivity index (χ4v) is 1.72. The largest absolute Gasteiger partial charge is 0.158 e. The molecule has 0 aliphatic heterocycles. The Balaban J connectivity index is 2.98. The summed E-state index contributed by atoms with van der Waals surface area (Å²) in [5.41, 5.74) is 1.40. The minimum Gasteiger partial charge on any atom is -0.158 e. The SMILES string of the molecule is CC(C)=CCSCCCCl. The molecular formula is C8H15ClS. The van der Waals surface area contributed by atoms with Gasteiger partial charge in [0.2, 0.25) is 0 Å². The van der Waals surface area contributed by atoms with E-state index in [1.54, 1.807) is 0 Å². The molecule has 0 N–H and O–H groups in total. The van der Waals surface area contributed by atoms with Crippen molar-refractivity contribution in [1.29, 1.82) is 0 Å². The Labute approximate surface area is 73.0 Å². The number of halogens is 1. The van der Waals surface area contributed by atoms with Crippen molar-refractivity contribution < 1.29 is 0 Å². The predicted octanol–water partition coefficient (Wildman–Crippen LogP) is 3.31. The fourth-order valence-electron chi connectivity index (χ4n) is 0.466. The zero-order chi connectivity index (χ0) is 7.82. The van der Waals surface area contributed by atoms with Crippen LogP contribution in [0.3, 0.4) is 0 Å². The molecule has 0 atom stereocenters. The molecule has 2 heteroatoms. The molecule has 0 saturated carbocycles. The Morgan fingerprint density at radius 3 is 2.70 bits per heavy atom. The highest BCUT2D eigenvalue weighted by molar-refractivity contribution is 7.99. The van der Waals surface area contributed by atoms with Gasteiger partial charge in [-0.2, -0.15) is 11.8 Å². The van der Waals surface area contributed by atoms with Crippen LogP contribution >= 0.6 is 23.4 Å². The molecule has 0 spiro atoms. The molecule has 0 aliphatic rings. The maximum atomic E-state index is 5.51. The van der Waals surface area contributed by atoms with Gasteiger partial charge in [-0.05, 0) is 26.0 Å². The second-order valence-corrected chi connectivity index (χ2v) is 3.93. The second kappa shape index (κ2) is 7.49. The van der Waals surface area contributed by atoms with Crippen molar-refractivity contribution in [2.24, 2.45) is 0 Å². The van der Waals surface area contributed by atoms with Crippen molar-refractivity contribution in [3.8, 4) is 0 Å². The first-order valence-corrected chi connectivity index (χ1v) is 5.23. The molecular weight excluding hydrogens is 164 g/mol. The fraction of sp³-hybridized carbons (Fsp3) is 0.750. The normalized spacial score (nSPS) is 9.50. The Morgan fingerprint density at radius 2 is 2.20 bits per heavy atom. The third-order valence-electron chi connectivity index (χ3n) is 1.03. The zero-order valence-corrected chi connectivity index (χ0v) is 8.26. The van der Waals surface area contributed by atoms with Crippen molar-refractivity contribution in [1.82, 2.24) is 0 Å². The summed E-state index contributed by atoms with van der Waals surface area (Å²) in [5.74, 6) is 3.12. The summed E-state index contributed by atoms with van der Waals surface area (Å²) in [6.45, 7) is 4.25. The molecule has 0 unspecified atom stereocenters. The Hall–Kier alpha value is 0.380. The number of thioether (sulfide) groups is 1. The number of rotatable bonds is 5. The first-order valence-electron chi connectivity index (χ1n) is 3.54. The lowest BCUT2D eigenvalue weighted by atomic mass is 10.3. The van der Waals surface area contributed by atoms with Gasteiger partial charge < -0.3 is 0 Å². The van der Waals surface area contributed by atoms with Crippen LogP contribution in [-0.4, -0.2) is 17.4 Å². The minimum atomic E-state index is 0.793. The van der Waals surface area contributed by atoms with Crippen molar-refractivity contribution in [3.05, 3.63) is 11.6 Å². The van der Waals surface area contributed by atoms with Crippen LogP contribution in [0.1, 0.15) is 20.3 Å². The number of hydrogen-bond donors (Lipinski definition) is 0. The third kappa shape index (κ3) is 8.38. The number of alkyl halides is 1.